The zero-order chi connectivity index (χ0) is 21.5. The maximum Gasteiger partial charge on any atom is 0.238 e. The monoisotopic (exact) mass is 415 g/mol. The molecule has 0 saturated carbocycles. The number of rotatable bonds is 7. The molecule has 1 amide bonds. The molecule has 0 radical (unpaired) electrons. The van der Waals surface area contributed by atoms with Crippen LogP contribution in [0, 0.1) is 0 Å². The van der Waals surface area contributed by atoms with Crippen LogP contribution in [0.15, 0.2) is 78.9 Å². The first kappa shape index (κ1) is 20.9. The van der Waals surface area contributed by atoms with Crippen LogP contribution >= 0.6 is 0 Å². The average Bonchev–Trinajstić information content (AvgIpc) is 2.81. The lowest BCUT2D eigenvalue weighted by Gasteiger charge is -2.36. The summed E-state index contributed by atoms with van der Waals surface area (Å²) in [7, 11) is 0. The largest absolute Gasteiger partial charge is 0.492 e. The summed E-state index contributed by atoms with van der Waals surface area (Å²) in [6.45, 7) is 6.48. The minimum Gasteiger partial charge on any atom is -0.492 e. The van der Waals surface area contributed by atoms with E-state index >= 15 is 0 Å². The number of piperazine rings is 1. The molecule has 3 aromatic carbocycles. The Labute approximate surface area is 184 Å². The van der Waals surface area contributed by atoms with Crippen LogP contribution in [0.3, 0.4) is 0 Å². The number of hydrogen-bond donors (Lipinski definition) is 1. The molecule has 1 heterocycles. The highest BCUT2D eigenvalue weighted by molar-refractivity contribution is 5.96. The summed E-state index contributed by atoms with van der Waals surface area (Å²) in [5.74, 6) is 0.945. The number of carbonyl (C=O) groups is 1. The van der Waals surface area contributed by atoms with Gasteiger partial charge < -0.3 is 15.0 Å². The van der Waals surface area contributed by atoms with Gasteiger partial charge in [0.2, 0.25) is 5.91 Å². The maximum absolute atomic E-state index is 12.8. The Kier molecular flexibility index (Phi) is 6.85. The number of anilines is 2. The Hall–Kier alpha value is -3.31. The van der Waals surface area contributed by atoms with Gasteiger partial charge in [0.05, 0.1) is 18.8 Å². The standard InChI is InChI=1S/C26H29N3O2/c1-2-31-25-15-9-8-14-24(25)29-18-16-28(17-19-29)20-26(30)27-23-13-7-6-12-22(23)21-10-4-3-5-11-21/h3-15H,2,16-20H2,1H3,(H,27,30). The van der Waals surface area contributed by atoms with E-state index in [1.165, 1.54) is 0 Å². The lowest BCUT2D eigenvalue weighted by atomic mass is 10.0. The zero-order valence-corrected chi connectivity index (χ0v) is 18.0. The van der Waals surface area contributed by atoms with E-state index in [1.807, 2.05) is 67.6 Å². The van der Waals surface area contributed by atoms with E-state index in [1.54, 1.807) is 0 Å². The first-order valence-electron chi connectivity index (χ1n) is 10.9. The van der Waals surface area contributed by atoms with E-state index in [0.29, 0.717) is 13.2 Å². The van der Waals surface area contributed by atoms with Crippen LogP contribution in [0.25, 0.3) is 11.1 Å². The van der Waals surface area contributed by atoms with Gasteiger partial charge in [0, 0.05) is 37.4 Å². The van der Waals surface area contributed by atoms with Gasteiger partial charge in [0.15, 0.2) is 0 Å². The number of ether oxygens (including phenoxy) is 1. The Balaban J connectivity index is 1.35. The van der Waals surface area contributed by atoms with Gasteiger partial charge in [-0.2, -0.15) is 0 Å². The van der Waals surface area contributed by atoms with Crippen LogP contribution in [-0.2, 0) is 4.79 Å². The summed E-state index contributed by atoms with van der Waals surface area (Å²) in [6, 6.07) is 26.3. The number of para-hydroxylation sites is 3. The molecule has 5 nitrogen and oxygen atoms in total. The van der Waals surface area contributed by atoms with Crippen molar-refractivity contribution in [2.24, 2.45) is 0 Å². The third-order valence-electron chi connectivity index (χ3n) is 5.53. The fraction of sp³-hybridized carbons (Fsp3) is 0.269. The topological polar surface area (TPSA) is 44.8 Å². The smallest absolute Gasteiger partial charge is 0.238 e. The fourth-order valence-electron chi connectivity index (χ4n) is 4.00. The van der Waals surface area contributed by atoms with E-state index in [9.17, 15) is 4.79 Å². The molecule has 0 aromatic heterocycles. The number of nitrogens with zero attached hydrogens (tertiary/aromatic N) is 2. The molecule has 1 N–H and O–H groups in total. The fourth-order valence-corrected chi connectivity index (χ4v) is 4.00. The van der Waals surface area contributed by atoms with Crippen molar-refractivity contribution >= 4 is 17.3 Å². The number of carbonyl (C=O) groups excluding carboxylic acids is 1. The molecule has 5 heteroatoms. The first-order valence-corrected chi connectivity index (χ1v) is 10.9. The predicted octanol–water partition coefficient (Wildman–Crippen LogP) is 4.51. The van der Waals surface area contributed by atoms with Crippen LogP contribution in [0.4, 0.5) is 11.4 Å². The minimum absolute atomic E-state index is 0.0200. The van der Waals surface area contributed by atoms with Crippen LogP contribution in [0.2, 0.25) is 0 Å². The second kappa shape index (κ2) is 10.1. The van der Waals surface area contributed by atoms with E-state index in [-0.39, 0.29) is 5.91 Å². The summed E-state index contributed by atoms with van der Waals surface area (Å²) in [4.78, 5) is 17.3. The van der Waals surface area contributed by atoms with Crippen LogP contribution in [0.5, 0.6) is 5.75 Å². The van der Waals surface area contributed by atoms with Crippen molar-refractivity contribution in [1.29, 1.82) is 0 Å². The normalized spacial score (nSPS) is 14.3. The van der Waals surface area contributed by atoms with Crippen LogP contribution < -0.4 is 15.0 Å². The van der Waals surface area contributed by atoms with Gasteiger partial charge in [-0.1, -0.05) is 60.7 Å². The Morgan fingerprint density at radius 2 is 1.55 bits per heavy atom. The highest BCUT2D eigenvalue weighted by Gasteiger charge is 2.21. The van der Waals surface area contributed by atoms with Crippen molar-refractivity contribution in [3.8, 4) is 16.9 Å². The van der Waals surface area contributed by atoms with Gasteiger partial charge in [0.1, 0.15) is 5.75 Å². The van der Waals surface area contributed by atoms with Gasteiger partial charge in [-0.3, -0.25) is 9.69 Å². The molecule has 0 unspecified atom stereocenters. The molecule has 0 atom stereocenters. The van der Waals surface area contributed by atoms with Crippen molar-refractivity contribution in [3.05, 3.63) is 78.9 Å². The molecule has 4 rings (SSSR count). The summed E-state index contributed by atoms with van der Waals surface area (Å²) in [5, 5.41) is 3.11. The molecular formula is C26H29N3O2. The number of benzene rings is 3. The molecular weight excluding hydrogens is 386 g/mol. The maximum atomic E-state index is 12.8. The molecule has 31 heavy (non-hydrogen) atoms. The highest BCUT2D eigenvalue weighted by atomic mass is 16.5. The second-order valence-corrected chi connectivity index (χ2v) is 7.62. The quantitative estimate of drug-likeness (QED) is 0.617. The number of nitrogens with one attached hydrogen (secondary N) is 1. The molecule has 1 saturated heterocycles. The summed E-state index contributed by atoms with van der Waals surface area (Å²) >= 11 is 0. The van der Waals surface area contributed by atoms with Crippen molar-refractivity contribution < 1.29 is 9.53 Å². The summed E-state index contributed by atoms with van der Waals surface area (Å²) in [5.41, 5.74) is 4.11. The molecule has 0 bridgehead atoms. The van der Waals surface area contributed by atoms with Crippen LogP contribution in [0.1, 0.15) is 6.92 Å². The van der Waals surface area contributed by atoms with Crippen molar-refractivity contribution in [2.45, 2.75) is 6.92 Å². The van der Waals surface area contributed by atoms with Crippen molar-refractivity contribution in [3.63, 3.8) is 0 Å². The third kappa shape index (κ3) is 5.25. The molecule has 0 aliphatic carbocycles. The number of hydrogen-bond acceptors (Lipinski definition) is 4. The second-order valence-electron chi connectivity index (χ2n) is 7.62. The van der Waals surface area contributed by atoms with Gasteiger partial charge >= 0.3 is 0 Å². The molecule has 1 aliphatic rings. The number of amides is 1. The molecule has 160 valence electrons. The van der Waals surface area contributed by atoms with Gasteiger partial charge in [-0.15, -0.1) is 0 Å². The zero-order valence-electron chi connectivity index (χ0n) is 18.0. The highest BCUT2D eigenvalue weighted by Crippen LogP contribution is 2.29. The molecule has 3 aromatic rings. The van der Waals surface area contributed by atoms with E-state index in [4.69, 9.17) is 4.74 Å². The van der Waals surface area contributed by atoms with Gasteiger partial charge in [-0.05, 0) is 30.7 Å². The van der Waals surface area contributed by atoms with Gasteiger partial charge in [0.25, 0.3) is 0 Å². The third-order valence-corrected chi connectivity index (χ3v) is 5.53. The predicted molar refractivity (Wildman–Crippen MR) is 127 cm³/mol. The summed E-state index contributed by atoms with van der Waals surface area (Å²) < 4.78 is 5.78. The van der Waals surface area contributed by atoms with Crippen molar-refractivity contribution in [2.75, 3.05) is 49.5 Å². The van der Waals surface area contributed by atoms with E-state index in [2.05, 4.69) is 33.3 Å². The molecule has 1 aliphatic heterocycles. The van der Waals surface area contributed by atoms with Gasteiger partial charge in [-0.25, -0.2) is 0 Å². The van der Waals surface area contributed by atoms with E-state index < -0.39 is 0 Å². The average molecular weight is 416 g/mol. The van der Waals surface area contributed by atoms with E-state index in [0.717, 1.165) is 54.4 Å². The Morgan fingerprint density at radius 3 is 2.32 bits per heavy atom. The Morgan fingerprint density at radius 1 is 0.871 bits per heavy atom. The molecule has 1 fully saturated rings. The minimum atomic E-state index is 0.0200. The SMILES string of the molecule is CCOc1ccccc1N1CCN(CC(=O)Nc2ccccc2-c2ccccc2)CC1. The van der Waals surface area contributed by atoms with Crippen LogP contribution in [-0.4, -0.2) is 50.1 Å². The molecule has 0 spiro atoms. The lowest BCUT2D eigenvalue weighted by Crippen LogP contribution is -2.48. The van der Waals surface area contributed by atoms with Crippen molar-refractivity contribution in [1.82, 2.24) is 4.90 Å². The first-order chi connectivity index (χ1) is 15.2. The lowest BCUT2D eigenvalue weighted by molar-refractivity contribution is -0.117. The summed E-state index contributed by atoms with van der Waals surface area (Å²) in [6.07, 6.45) is 0. The Bertz CT molecular complexity index is 998.